The smallest absolute Gasteiger partial charge is 0.153 e. The number of hydrogen-bond acceptors (Lipinski definition) is 3. The van der Waals surface area contributed by atoms with E-state index in [-0.39, 0.29) is 0 Å². The fourth-order valence-corrected chi connectivity index (χ4v) is 2.93. The number of methoxy groups -OCH3 is 1. The van der Waals surface area contributed by atoms with Gasteiger partial charge in [-0.05, 0) is 35.0 Å². The van der Waals surface area contributed by atoms with Crippen molar-refractivity contribution in [1.29, 1.82) is 0 Å². The van der Waals surface area contributed by atoms with E-state index in [1.165, 1.54) is 0 Å². The van der Waals surface area contributed by atoms with Crippen LogP contribution in [0.4, 0.5) is 0 Å². The second-order valence-electron chi connectivity index (χ2n) is 4.17. The molecule has 0 radical (unpaired) electrons. The van der Waals surface area contributed by atoms with E-state index in [9.17, 15) is 4.79 Å². The van der Waals surface area contributed by atoms with Gasteiger partial charge in [0.25, 0.3) is 0 Å². The molecule has 2 aromatic heterocycles. The summed E-state index contributed by atoms with van der Waals surface area (Å²) in [5.41, 5.74) is 3.54. The molecule has 0 aliphatic carbocycles. The Labute approximate surface area is 120 Å². The molecule has 0 fully saturated rings. The quantitative estimate of drug-likeness (QED) is 0.794. The zero-order chi connectivity index (χ0) is 13.8. The van der Waals surface area contributed by atoms with Crippen molar-refractivity contribution in [1.82, 2.24) is 9.55 Å². The van der Waals surface area contributed by atoms with Crippen LogP contribution in [0.15, 0.2) is 29.0 Å². The Bertz CT molecular complexity index is 579. The molecule has 2 aromatic rings. The first-order valence-corrected chi connectivity index (χ1v) is 6.73. The molecule has 0 saturated carbocycles. The maximum absolute atomic E-state index is 11.2. The molecule has 2 rings (SSSR count). The predicted octanol–water partition coefficient (Wildman–Crippen LogP) is 3.08. The van der Waals surface area contributed by atoms with Gasteiger partial charge >= 0.3 is 0 Å². The molecule has 0 bridgehead atoms. The van der Waals surface area contributed by atoms with Crippen LogP contribution in [0.5, 0.6) is 0 Å². The van der Waals surface area contributed by atoms with Gasteiger partial charge in [-0.25, -0.2) is 0 Å². The van der Waals surface area contributed by atoms with Gasteiger partial charge < -0.3 is 9.30 Å². The van der Waals surface area contributed by atoms with Gasteiger partial charge in [-0.2, -0.15) is 0 Å². The Balaban J connectivity index is 2.60. The maximum atomic E-state index is 11.2. The van der Waals surface area contributed by atoms with E-state index in [4.69, 9.17) is 4.74 Å². The highest BCUT2D eigenvalue weighted by molar-refractivity contribution is 9.10. The van der Waals surface area contributed by atoms with Crippen LogP contribution in [0.2, 0.25) is 0 Å². The van der Waals surface area contributed by atoms with Crippen LogP contribution in [0.25, 0.3) is 11.3 Å². The number of nitrogens with zero attached hydrogens (tertiary/aromatic N) is 2. The van der Waals surface area contributed by atoms with Crippen molar-refractivity contribution < 1.29 is 9.53 Å². The molecular weight excluding hydrogens is 308 g/mol. The minimum atomic E-state index is 0.591. The van der Waals surface area contributed by atoms with E-state index in [0.29, 0.717) is 18.7 Å². The first-order chi connectivity index (χ1) is 9.20. The molecule has 0 amide bonds. The summed E-state index contributed by atoms with van der Waals surface area (Å²) in [5.74, 6) is 0. The lowest BCUT2D eigenvalue weighted by Crippen LogP contribution is -2.07. The van der Waals surface area contributed by atoms with Gasteiger partial charge in [0, 0.05) is 42.9 Å². The largest absolute Gasteiger partial charge is 0.383 e. The van der Waals surface area contributed by atoms with Gasteiger partial charge in [-0.15, -0.1) is 0 Å². The summed E-state index contributed by atoms with van der Waals surface area (Å²) in [7, 11) is 1.66. The van der Waals surface area contributed by atoms with Gasteiger partial charge in [0.1, 0.15) is 0 Å². The van der Waals surface area contributed by atoms with Gasteiger partial charge in [0.05, 0.1) is 16.8 Å². The van der Waals surface area contributed by atoms with E-state index in [0.717, 1.165) is 27.7 Å². The highest BCUT2D eigenvalue weighted by atomic mass is 79.9. The van der Waals surface area contributed by atoms with Crippen LogP contribution >= 0.6 is 15.9 Å². The normalized spacial score (nSPS) is 10.7. The van der Waals surface area contributed by atoms with Crippen molar-refractivity contribution in [3.63, 3.8) is 0 Å². The molecule has 5 heteroatoms. The van der Waals surface area contributed by atoms with Gasteiger partial charge in [-0.3, -0.25) is 9.78 Å². The van der Waals surface area contributed by atoms with Gasteiger partial charge in [-0.1, -0.05) is 0 Å². The lowest BCUT2D eigenvalue weighted by molar-refractivity contribution is 0.112. The Morgan fingerprint density at radius 2 is 2.32 bits per heavy atom. The van der Waals surface area contributed by atoms with Crippen molar-refractivity contribution in [2.45, 2.75) is 13.5 Å². The highest BCUT2D eigenvalue weighted by Gasteiger charge is 2.19. The van der Waals surface area contributed by atoms with Crippen LogP contribution in [0.3, 0.4) is 0 Å². The molecule has 0 saturated heterocycles. The van der Waals surface area contributed by atoms with Gasteiger partial charge in [0.15, 0.2) is 6.29 Å². The zero-order valence-corrected chi connectivity index (χ0v) is 12.5. The van der Waals surface area contributed by atoms with E-state index >= 15 is 0 Å². The molecule has 0 atom stereocenters. The molecule has 19 heavy (non-hydrogen) atoms. The first-order valence-electron chi connectivity index (χ1n) is 5.93. The summed E-state index contributed by atoms with van der Waals surface area (Å²) in [4.78, 5) is 15.4. The molecule has 0 unspecified atom stereocenters. The van der Waals surface area contributed by atoms with E-state index in [1.807, 2.05) is 19.1 Å². The first kappa shape index (κ1) is 14.0. The number of hydrogen-bond donors (Lipinski definition) is 0. The standard InChI is InChI=1S/C14H15BrN2O2/c1-10-12(9-18)13(15)14(17(10)6-7-19-2)11-4-3-5-16-8-11/h3-5,8-9H,6-7H2,1-2H3. The second-order valence-corrected chi connectivity index (χ2v) is 4.96. The summed E-state index contributed by atoms with van der Waals surface area (Å²) in [6, 6.07) is 3.86. The number of halogens is 1. The lowest BCUT2D eigenvalue weighted by atomic mass is 10.2. The van der Waals surface area contributed by atoms with Crippen molar-refractivity contribution >= 4 is 22.2 Å². The van der Waals surface area contributed by atoms with Crippen molar-refractivity contribution in [2.75, 3.05) is 13.7 Å². The van der Waals surface area contributed by atoms with Crippen molar-refractivity contribution in [2.24, 2.45) is 0 Å². The summed E-state index contributed by atoms with van der Waals surface area (Å²) in [6.45, 7) is 3.22. The molecule has 0 N–H and O–H groups in total. The van der Waals surface area contributed by atoms with Gasteiger partial charge in [0.2, 0.25) is 0 Å². The molecule has 2 heterocycles. The minimum absolute atomic E-state index is 0.591. The Morgan fingerprint density at radius 3 is 2.89 bits per heavy atom. The van der Waals surface area contributed by atoms with Crippen LogP contribution in [-0.4, -0.2) is 29.6 Å². The molecule has 0 aliphatic heterocycles. The van der Waals surface area contributed by atoms with E-state index in [1.54, 1.807) is 19.5 Å². The third-order valence-corrected chi connectivity index (χ3v) is 3.88. The van der Waals surface area contributed by atoms with Crippen LogP contribution < -0.4 is 0 Å². The molecule has 0 aromatic carbocycles. The lowest BCUT2D eigenvalue weighted by Gasteiger charge is -2.11. The number of ether oxygens (including phenoxy) is 1. The molecule has 0 aliphatic rings. The van der Waals surface area contributed by atoms with E-state index in [2.05, 4.69) is 25.5 Å². The number of carbonyl (C=O) groups is 1. The van der Waals surface area contributed by atoms with Crippen LogP contribution in [0.1, 0.15) is 16.1 Å². The summed E-state index contributed by atoms with van der Waals surface area (Å²) < 4.78 is 8.02. The highest BCUT2D eigenvalue weighted by Crippen LogP contribution is 2.34. The Kier molecular flexibility index (Phi) is 4.50. The fourth-order valence-electron chi connectivity index (χ4n) is 2.10. The number of aromatic nitrogens is 2. The average Bonchev–Trinajstić information content (AvgIpc) is 2.68. The molecule has 4 nitrogen and oxygen atoms in total. The summed E-state index contributed by atoms with van der Waals surface area (Å²) in [6.07, 6.45) is 4.40. The monoisotopic (exact) mass is 322 g/mol. The molecular formula is C14H15BrN2O2. The molecule has 0 spiro atoms. The SMILES string of the molecule is COCCn1c(C)c(C=O)c(Br)c1-c1cccnc1. The topological polar surface area (TPSA) is 44.1 Å². The number of aldehydes is 1. The Morgan fingerprint density at radius 1 is 1.53 bits per heavy atom. The van der Waals surface area contributed by atoms with Crippen LogP contribution in [0, 0.1) is 6.92 Å². The number of rotatable bonds is 5. The van der Waals surface area contributed by atoms with Crippen molar-refractivity contribution in [3.8, 4) is 11.3 Å². The fraction of sp³-hybridized carbons (Fsp3) is 0.286. The van der Waals surface area contributed by atoms with Crippen LogP contribution in [-0.2, 0) is 11.3 Å². The zero-order valence-electron chi connectivity index (χ0n) is 10.9. The average molecular weight is 323 g/mol. The molecule has 100 valence electrons. The number of pyridine rings is 1. The Hall–Kier alpha value is -1.46. The van der Waals surface area contributed by atoms with E-state index < -0.39 is 0 Å². The predicted molar refractivity (Wildman–Crippen MR) is 77.4 cm³/mol. The third-order valence-electron chi connectivity index (χ3n) is 3.08. The number of carbonyl (C=O) groups excluding carboxylic acids is 1. The summed E-state index contributed by atoms with van der Waals surface area (Å²) in [5, 5.41) is 0. The second kappa shape index (κ2) is 6.12. The minimum Gasteiger partial charge on any atom is -0.383 e. The maximum Gasteiger partial charge on any atom is 0.153 e. The third kappa shape index (κ3) is 2.62. The van der Waals surface area contributed by atoms with Crippen molar-refractivity contribution in [3.05, 3.63) is 40.3 Å². The summed E-state index contributed by atoms with van der Waals surface area (Å²) >= 11 is 3.52.